The summed E-state index contributed by atoms with van der Waals surface area (Å²) < 4.78 is 3.55. The molecule has 0 unspecified atom stereocenters. The first-order valence-electron chi connectivity index (χ1n) is 10.5. The number of piperidine rings is 1. The van der Waals surface area contributed by atoms with E-state index in [0.717, 1.165) is 42.8 Å². The number of aromatic nitrogens is 2. The Kier molecular flexibility index (Phi) is 7.24. The molecule has 2 heterocycles. The van der Waals surface area contributed by atoms with E-state index < -0.39 is 0 Å². The van der Waals surface area contributed by atoms with Crippen molar-refractivity contribution < 1.29 is 4.79 Å². The van der Waals surface area contributed by atoms with Crippen molar-refractivity contribution in [3.63, 3.8) is 0 Å². The highest BCUT2D eigenvalue weighted by atomic mass is 32.2. The van der Waals surface area contributed by atoms with Gasteiger partial charge in [-0.15, -0.1) is 0 Å². The Hall–Kier alpha value is -2.81. The smallest absolute Gasteiger partial charge is 0.234 e. The van der Waals surface area contributed by atoms with Crippen LogP contribution in [0.5, 0.6) is 0 Å². The van der Waals surface area contributed by atoms with Gasteiger partial charge in [0.05, 0.1) is 18.4 Å². The molecule has 1 amide bonds. The first-order valence-corrected chi connectivity index (χ1v) is 11.3. The molecule has 3 aromatic rings. The molecule has 0 saturated carbocycles. The molecule has 4 rings (SSSR count). The molecule has 0 aliphatic carbocycles. The molecule has 1 aliphatic rings. The molecular weight excluding hydrogens is 408 g/mol. The first kappa shape index (κ1) is 21.4. The summed E-state index contributed by atoms with van der Waals surface area (Å²) in [4.78, 5) is 22.9. The van der Waals surface area contributed by atoms with Gasteiger partial charge in [0.2, 0.25) is 5.91 Å². The quantitative estimate of drug-likeness (QED) is 0.405. The zero-order valence-corrected chi connectivity index (χ0v) is 18.2. The van der Waals surface area contributed by atoms with E-state index in [0.29, 0.717) is 25.1 Å². The molecule has 0 spiro atoms. The molecular formula is C23H28N6OS. The standard InChI is InChI=1S/C23H28N6OS/c24-23-26-15-21(27-23)18-8-6-17(7-9-18)14-25-22(30)16-29-12-10-19(11-13-29)28-31-20-4-2-1-3-5-20/h1-9,15,19,28H,10-14,16H2,(H,25,30)(H3,24,26,27). The van der Waals surface area contributed by atoms with Gasteiger partial charge in [0.15, 0.2) is 5.95 Å². The van der Waals surface area contributed by atoms with Gasteiger partial charge in [-0.05, 0) is 48.0 Å². The van der Waals surface area contributed by atoms with Crippen LogP contribution >= 0.6 is 11.9 Å². The minimum atomic E-state index is 0.0653. The summed E-state index contributed by atoms with van der Waals surface area (Å²) in [7, 11) is 0. The van der Waals surface area contributed by atoms with Gasteiger partial charge >= 0.3 is 0 Å². The third-order valence-corrected chi connectivity index (χ3v) is 6.35. The third-order valence-electron chi connectivity index (χ3n) is 5.39. The minimum Gasteiger partial charge on any atom is -0.369 e. The van der Waals surface area contributed by atoms with Crippen LogP contribution in [-0.4, -0.2) is 46.5 Å². The summed E-state index contributed by atoms with van der Waals surface area (Å²) in [5, 5.41) is 3.03. The molecule has 0 atom stereocenters. The first-order chi connectivity index (χ1) is 15.2. The highest BCUT2D eigenvalue weighted by Crippen LogP contribution is 2.19. The molecule has 31 heavy (non-hydrogen) atoms. The van der Waals surface area contributed by atoms with E-state index in [4.69, 9.17) is 5.73 Å². The number of benzene rings is 2. The molecule has 1 aromatic heterocycles. The number of H-pyrrole nitrogens is 1. The van der Waals surface area contributed by atoms with Crippen LogP contribution in [0, 0.1) is 0 Å². The van der Waals surface area contributed by atoms with Gasteiger partial charge in [-0.2, -0.15) is 0 Å². The van der Waals surface area contributed by atoms with Crippen molar-refractivity contribution in [3.05, 3.63) is 66.4 Å². The number of anilines is 1. The molecule has 2 aromatic carbocycles. The van der Waals surface area contributed by atoms with Crippen molar-refractivity contribution in [1.29, 1.82) is 0 Å². The monoisotopic (exact) mass is 436 g/mol. The van der Waals surface area contributed by atoms with E-state index in [-0.39, 0.29) is 5.91 Å². The van der Waals surface area contributed by atoms with Crippen LogP contribution in [0.2, 0.25) is 0 Å². The lowest BCUT2D eigenvalue weighted by Crippen LogP contribution is -2.44. The van der Waals surface area contributed by atoms with E-state index in [1.807, 2.05) is 30.3 Å². The fraction of sp³-hybridized carbons (Fsp3) is 0.304. The van der Waals surface area contributed by atoms with Crippen molar-refractivity contribution in [2.75, 3.05) is 25.4 Å². The Morgan fingerprint density at radius 2 is 1.87 bits per heavy atom. The number of hydrogen-bond acceptors (Lipinski definition) is 6. The number of carbonyl (C=O) groups is 1. The molecule has 162 valence electrons. The average Bonchev–Trinajstić information content (AvgIpc) is 3.24. The van der Waals surface area contributed by atoms with Gasteiger partial charge in [-0.25, -0.2) is 4.98 Å². The Morgan fingerprint density at radius 1 is 1.13 bits per heavy atom. The summed E-state index contributed by atoms with van der Waals surface area (Å²) >= 11 is 1.69. The number of likely N-dealkylation sites (tertiary alicyclic amines) is 1. The van der Waals surface area contributed by atoms with Crippen molar-refractivity contribution >= 4 is 23.8 Å². The van der Waals surface area contributed by atoms with Crippen LogP contribution < -0.4 is 15.8 Å². The number of amides is 1. The van der Waals surface area contributed by atoms with Gasteiger partial charge in [0.25, 0.3) is 0 Å². The second-order valence-corrected chi connectivity index (χ2v) is 8.65. The number of hydrogen-bond donors (Lipinski definition) is 4. The van der Waals surface area contributed by atoms with E-state index in [9.17, 15) is 4.79 Å². The Labute approximate surface area is 187 Å². The largest absolute Gasteiger partial charge is 0.369 e. The number of nitrogen functional groups attached to an aromatic ring is 1. The van der Waals surface area contributed by atoms with Crippen LogP contribution in [-0.2, 0) is 11.3 Å². The predicted molar refractivity (Wildman–Crippen MR) is 125 cm³/mol. The number of carbonyl (C=O) groups excluding carboxylic acids is 1. The predicted octanol–water partition coefficient (Wildman–Crippen LogP) is 3.04. The summed E-state index contributed by atoms with van der Waals surface area (Å²) in [5.74, 6) is 0.469. The SMILES string of the molecule is Nc1ncc(-c2ccc(CNC(=O)CN3CCC(NSc4ccccc4)CC3)cc2)[nH]1. The van der Waals surface area contributed by atoms with Gasteiger partial charge in [-0.1, -0.05) is 42.5 Å². The second-order valence-electron chi connectivity index (χ2n) is 7.74. The number of aromatic amines is 1. The van der Waals surface area contributed by atoms with Crippen LogP contribution in [0.4, 0.5) is 5.95 Å². The highest BCUT2D eigenvalue weighted by molar-refractivity contribution is 7.97. The van der Waals surface area contributed by atoms with Crippen molar-refractivity contribution in [2.45, 2.75) is 30.3 Å². The molecule has 7 nitrogen and oxygen atoms in total. The summed E-state index contributed by atoms with van der Waals surface area (Å²) in [5.41, 5.74) is 8.59. The maximum absolute atomic E-state index is 12.4. The van der Waals surface area contributed by atoms with Crippen molar-refractivity contribution in [1.82, 2.24) is 24.9 Å². The normalized spacial score (nSPS) is 15.1. The zero-order chi connectivity index (χ0) is 21.5. The number of rotatable bonds is 8. The molecule has 0 bridgehead atoms. The Morgan fingerprint density at radius 3 is 2.55 bits per heavy atom. The van der Waals surface area contributed by atoms with Crippen LogP contribution in [0.1, 0.15) is 18.4 Å². The van der Waals surface area contributed by atoms with Crippen LogP contribution in [0.15, 0.2) is 65.7 Å². The lowest BCUT2D eigenvalue weighted by Gasteiger charge is -2.31. The fourth-order valence-corrected chi connectivity index (χ4v) is 4.43. The lowest BCUT2D eigenvalue weighted by molar-refractivity contribution is -0.122. The van der Waals surface area contributed by atoms with Crippen LogP contribution in [0.25, 0.3) is 11.3 Å². The molecule has 5 N–H and O–H groups in total. The molecule has 8 heteroatoms. The highest BCUT2D eigenvalue weighted by Gasteiger charge is 2.20. The summed E-state index contributed by atoms with van der Waals surface area (Å²) in [6.45, 7) is 2.84. The van der Waals surface area contributed by atoms with Crippen molar-refractivity contribution in [2.24, 2.45) is 0 Å². The fourth-order valence-electron chi connectivity index (χ4n) is 3.59. The Bertz CT molecular complexity index is 967. The van der Waals surface area contributed by atoms with Gasteiger partial charge in [0.1, 0.15) is 0 Å². The zero-order valence-electron chi connectivity index (χ0n) is 17.4. The van der Waals surface area contributed by atoms with Crippen molar-refractivity contribution in [3.8, 4) is 11.3 Å². The molecule has 0 radical (unpaired) electrons. The molecule has 1 aliphatic heterocycles. The van der Waals surface area contributed by atoms with E-state index in [1.165, 1.54) is 4.90 Å². The summed E-state index contributed by atoms with van der Waals surface area (Å²) in [6, 6.07) is 18.8. The second kappa shape index (κ2) is 10.5. The number of nitrogens with two attached hydrogens (primary N) is 1. The topological polar surface area (TPSA) is 99.1 Å². The Balaban J connectivity index is 1.15. The molecule has 1 fully saturated rings. The summed E-state index contributed by atoms with van der Waals surface area (Å²) in [6.07, 6.45) is 3.81. The molecule has 1 saturated heterocycles. The maximum Gasteiger partial charge on any atom is 0.234 e. The maximum atomic E-state index is 12.4. The number of imidazole rings is 1. The minimum absolute atomic E-state index is 0.0653. The van der Waals surface area contributed by atoms with Crippen LogP contribution in [0.3, 0.4) is 0 Å². The van der Waals surface area contributed by atoms with E-state index in [2.05, 4.69) is 49.2 Å². The third kappa shape index (κ3) is 6.33. The average molecular weight is 437 g/mol. The lowest BCUT2D eigenvalue weighted by atomic mass is 10.1. The number of nitrogens with zero attached hydrogens (tertiary/aromatic N) is 2. The van der Waals surface area contributed by atoms with E-state index in [1.54, 1.807) is 18.1 Å². The van der Waals surface area contributed by atoms with Gasteiger partial charge in [-0.3, -0.25) is 14.4 Å². The van der Waals surface area contributed by atoms with E-state index >= 15 is 0 Å². The van der Waals surface area contributed by atoms with Gasteiger partial charge < -0.3 is 16.0 Å². The number of nitrogens with one attached hydrogen (secondary N) is 3. The van der Waals surface area contributed by atoms with Gasteiger partial charge in [0, 0.05) is 30.6 Å².